The minimum absolute atomic E-state index is 0.0559. The average molecular weight is 344 g/mol. The summed E-state index contributed by atoms with van der Waals surface area (Å²) < 4.78 is 5.56. The summed E-state index contributed by atoms with van der Waals surface area (Å²) in [6.45, 7) is 0. The summed E-state index contributed by atoms with van der Waals surface area (Å²) in [4.78, 5) is 24.2. The standard InChI is InChI=1S/C20H28N2O3/c23-19(25-18-9-5-2-6-10-18)15-11-13-17(14-12-15)22-20(24)21-16-7-3-1-4-8-16/h11-14,16,18H,1-10H2,(H2,21,22,24). The molecule has 2 N–H and O–H groups in total. The topological polar surface area (TPSA) is 67.4 Å². The summed E-state index contributed by atoms with van der Waals surface area (Å²) in [6.07, 6.45) is 11.2. The third-order valence-electron chi connectivity index (χ3n) is 5.14. The molecular formula is C20H28N2O3. The third-order valence-corrected chi connectivity index (χ3v) is 5.14. The van der Waals surface area contributed by atoms with Gasteiger partial charge in [0.25, 0.3) is 0 Å². The normalized spacial score (nSPS) is 19.2. The van der Waals surface area contributed by atoms with Crippen LogP contribution < -0.4 is 10.6 Å². The van der Waals surface area contributed by atoms with Gasteiger partial charge in [-0.2, -0.15) is 0 Å². The molecule has 2 aliphatic carbocycles. The maximum atomic E-state index is 12.2. The molecular weight excluding hydrogens is 316 g/mol. The van der Waals surface area contributed by atoms with Crippen molar-refractivity contribution in [3.63, 3.8) is 0 Å². The number of benzene rings is 1. The minimum atomic E-state index is -0.273. The van der Waals surface area contributed by atoms with Gasteiger partial charge >= 0.3 is 12.0 Å². The van der Waals surface area contributed by atoms with Crippen LogP contribution in [0.25, 0.3) is 0 Å². The van der Waals surface area contributed by atoms with Gasteiger partial charge in [-0.3, -0.25) is 0 Å². The predicted octanol–water partition coefficient (Wildman–Crippen LogP) is 4.63. The largest absolute Gasteiger partial charge is 0.459 e. The van der Waals surface area contributed by atoms with Crippen molar-refractivity contribution in [1.82, 2.24) is 5.32 Å². The Hall–Kier alpha value is -2.04. The molecule has 0 saturated heterocycles. The molecule has 0 radical (unpaired) electrons. The fourth-order valence-electron chi connectivity index (χ4n) is 3.69. The quantitative estimate of drug-likeness (QED) is 0.783. The highest BCUT2D eigenvalue weighted by molar-refractivity contribution is 5.92. The Kier molecular flexibility index (Phi) is 6.31. The second-order valence-corrected chi connectivity index (χ2v) is 7.18. The van der Waals surface area contributed by atoms with Crippen LogP contribution in [0.15, 0.2) is 24.3 Å². The van der Waals surface area contributed by atoms with Gasteiger partial charge in [0.15, 0.2) is 0 Å². The van der Waals surface area contributed by atoms with E-state index in [-0.39, 0.29) is 24.1 Å². The van der Waals surface area contributed by atoms with Crippen molar-refractivity contribution in [2.45, 2.75) is 76.4 Å². The maximum absolute atomic E-state index is 12.2. The lowest BCUT2D eigenvalue weighted by molar-refractivity contribution is 0.0211. The van der Waals surface area contributed by atoms with Crippen molar-refractivity contribution < 1.29 is 14.3 Å². The average Bonchev–Trinajstić information content (AvgIpc) is 2.64. The van der Waals surface area contributed by atoms with E-state index in [2.05, 4.69) is 10.6 Å². The molecule has 0 aliphatic heterocycles. The number of hydrogen-bond acceptors (Lipinski definition) is 3. The fourth-order valence-corrected chi connectivity index (χ4v) is 3.69. The molecule has 1 aromatic rings. The Balaban J connectivity index is 1.47. The second kappa shape index (κ2) is 8.88. The van der Waals surface area contributed by atoms with Crippen LogP contribution in [0.1, 0.15) is 74.6 Å². The van der Waals surface area contributed by atoms with Crippen LogP contribution in [-0.4, -0.2) is 24.1 Å². The summed E-state index contributed by atoms with van der Waals surface area (Å²) >= 11 is 0. The number of nitrogens with one attached hydrogen (secondary N) is 2. The lowest BCUT2D eigenvalue weighted by Gasteiger charge is -2.23. The number of anilines is 1. The number of carbonyl (C=O) groups is 2. The van der Waals surface area contributed by atoms with Crippen LogP contribution in [0.5, 0.6) is 0 Å². The highest BCUT2D eigenvalue weighted by Crippen LogP contribution is 2.22. The number of amides is 2. The van der Waals surface area contributed by atoms with Gasteiger partial charge in [-0.1, -0.05) is 25.7 Å². The van der Waals surface area contributed by atoms with Crippen LogP contribution in [0.2, 0.25) is 0 Å². The molecule has 0 unspecified atom stereocenters. The molecule has 2 saturated carbocycles. The summed E-state index contributed by atoms with van der Waals surface area (Å²) in [5.74, 6) is -0.273. The Morgan fingerprint density at radius 3 is 2.08 bits per heavy atom. The molecule has 1 aromatic carbocycles. The molecule has 0 spiro atoms. The van der Waals surface area contributed by atoms with Gasteiger partial charge in [0, 0.05) is 11.7 Å². The van der Waals surface area contributed by atoms with Gasteiger partial charge in [-0.25, -0.2) is 9.59 Å². The second-order valence-electron chi connectivity index (χ2n) is 7.18. The number of rotatable bonds is 4. The van der Waals surface area contributed by atoms with E-state index in [0.717, 1.165) is 38.5 Å². The number of ether oxygens (including phenoxy) is 1. The van der Waals surface area contributed by atoms with Crippen molar-refractivity contribution in [2.24, 2.45) is 0 Å². The first-order valence-electron chi connectivity index (χ1n) is 9.59. The van der Waals surface area contributed by atoms with Gasteiger partial charge in [0.2, 0.25) is 0 Å². The van der Waals surface area contributed by atoms with Crippen LogP contribution in [0.3, 0.4) is 0 Å². The lowest BCUT2D eigenvalue weighted by atomic mass is 9.96. The van der Waals surface area contributed by atoms with Crippen molar-refractivity contribution in [2.75, 3.05) is 5.32 Å². The maximum Gasteiger partial charge on any atom is 0.338 e. The van der Waals surface area contributed by atoms with Crippen LogP contribution >= 0.6 is 0 Å². The molecule has 0 heterocycles. The molecule has 0 aromatic heterocycles. The molecule has 2 amide bonds. The minimum Gasteiger partial charge on any atom is -0.459 e. The van der Waals surface area contributed by atoms with E-state index in [1.807, 2.05) is 0 Å². The van der Waals surface area contributed by atoms with Gasteiger partial charge < -0.3 is 15.4 Å². The number of urea groups is 1. The molecule has 0 atom stereocenters. The Labute approximate surface area is 149 Å². The Morgan fingerprint density at radius 2 is 1.44 bits per heavy atom. The van der Waals surface area contributed by atoms with E-state index in [1.165, 1.54) is 25.7 Å². The molecule has 136 valence electrons. The van der Waals surface area contributed by atoms with E-state index in [4.69, 9.17) is 4.74 Å². The summed E-state index contributed by atoms with van der Waals surface area (Å²) in [6, 6.07) is 7.02. The Bertz CT molecular complexity index is 573. The molecule has 2 fully saturated rings. The van der Waals surface area contributed by atoms with E-state index in [0.29, 0.717) is 11.3 Å². The first-order valence-corrected chi connectivity index (χ1v) is 9.59. The third kappa shape index (κ3) is 5.48. The number of esters is 1. The van der Waals surface area contributed by atoms with E-state index in [1.54, 1.807) is 24.3 Å². The zero-order valence-electron chi connectivity index (χ0n) is 14.8. The van der Waals surface area contributed by atoms with E-state index in [9.17, 15) is 9.59 Å². The zero-order valence-corrected chi connectivity index (χ0v) is 14.8. The Morgan fingerprint density at radius 1 is 0.840 bits per heavy atom. The van der Waals surface area contributed by atoms with Crippen molar-refractivity contribution in [3.8, 4) is 0 Å². The van der Waals surface area contributed by atoms with Crippen molar-refractivity contribution in [1.29, 1.82) is 0 Å². The molecule has 3 rings (SSSR count). The predicted molar refractivity (Wildman–Crippen MR) is 97.8 cm³/mol. The molecule has 2 aliphatic rings. The van der Waals surface area contributed by atoms with Gasteiger partial charge in [0.1, 0.15) is 6.10 Å². The van der Waals surface area contributed by atoms with Crippen LogP contribution in [-0.2, 0) is 4.74 Å². The molecule has 5 heteroatoms. The number of carbonyl (C=O) groups excluding carboxylic acids is 2. The monoisotopic (exact) mass is 344 g/mol. The number of hydrogen-bond donors (Lipinski definition) is 2. The summed E-state index contributed by atoms with van der Waals surface area (Å²) in [7, 11) is 0. The van der Waals surface area contributed by atoms with Crippen molar-refractivity contribution >= 4 is 17.7 Å². The van der Waals surface area contributed by atoms with Gasteiger partial charge in [-0.15, -0.1) is 0 Å². The first kappa shape index (κ1) is 17.8. The smallest absolute Gasteiger partial charge is 0.338 e. The van der Waals surface area contributed by atoms with Crippen LogP contribution in [0.4, 0.5) is 10.5 Å². The SMILES string of the molecule is O=C(Nc1ccc(C(=O)OC2CCCCC2)cc1)NC1CCCCC1. The zero-order chi connectivity index (χ0) is 17.5. The highest BCUT2D eigenvalue weighted by atomic mass is 16.5. The van der Waals surface area contributed by atoms with Crippen LogP contribution in [0, 0.1) is 0 Å². The van der Waals surface area contributed by atoms with E-state index < -0.39 is 0 Å². The summed E-state index contributed by atoms with van der Waals surface area (Å²) in [5, 5.41) is 5.85. The molecule has 25 heavy (non-hydrogen) atoms. The fraction of sp³-hybridized carbons (Fsp3) is 0.600. The highest BCUT2D eigenvalue weighted by Gasteiger charge is 2.19. The first-order chi connectivity index (χ1) is 12.2. The molecule has 0 bridgehead atoms. The van der Waals surface area contributed by atoms with E-state index >= 15 is 0 Å². The lowest BCUT2D eigenvalue weighted by Crippen LogP contribution is -2.39. The van der Waals surface area contributed by atoms with Crippen molar-refractivity contribution in [3.05, 3.63) is 29.8 Å². The van der Waals surface area contributed by atoms with Gasteiger partial charge in [-0.05, 0) is 62.8 Å². The van der Waals surface area contributed by atoms with Gasteiger partial charge in [0.05, 0.1) is 5.56 Å². The molecule has 5 nitrogen and oxygen atoms in total. The summed E-state index contributed by atoms with van der Waals surface area (Å²) in [5.41, 5.74) is 1.21.